The summed E-state index contributed by atoms with van der Waals surface area (Å²) < 4.78 is 24.6. The van der Waals surface area contributed by atoms with Gasteiger partial charge >= 0.3 is 6.03 Å². The van der Waals surface area contributed by atoms with Crippen molar-refractivity contribution < 1.29 is 18.7 Å². The summed E-state index contributed by atoms with van der Waals surface area (Å²) >= 11 is 0. The van der Waals surface area contributed by atoms with E-state index in [2.05, 4.69) is 10.2 Å². The first kappa shape index (κ1) is 23.0. The van der Waals surface area contributed by atoms with Crippen molar-refractivity contribution in [3.05, 3.63) is 77.0 Å². The molecule has 1 saturated heterocycles. The van der Waals surface area contributed by atoms with Crippen molar-refractivity contribution in [3.63, 3.8) is 0 Å². The van der Waals surface area contributed by atoms with Gasteiger partial charge in [-0.25, -0.2) is 19.2 Å². The molecule has 5 rings (SSSR count). The molecule has 0 bridgehead atoms. The lowest BCUT2D eigenvalue weighted by atomic mass is 10.0. The molecule has 1 N–H and O–H groups in total. The van der Waals surface area contributed by atoms with Gasteiger partial charge in [0.2, 0.25) is 0 Å². The van der Waals surface area contributed by atoms with Gasteiger partial charge < -0.3 is 24.6 Å². The zero-order valence-electron chi connectivity index (χ0n) is 19.7. The summed E-state index contributed by atoms with van der Waals surface area (Å²) in [6.45, 7) is 3.62. The molecule has 0 aliphatic carbocycles. The maximum Gasteiger partial charge on any atom is 0.322 e. The van der Waals surface area contributed by atoms with E-state index in [1.165, 1.54) is 12.1 Å². The summed E-state index contributed by atoms with van der Waals surface area (Å²) in [6, 6.07) is 13.5. The van der Waals surface area contributed by atoms with Crippen LogP contribution in [-0.2, 0) is 24.1 Å². The average molecular weight is 478 g/mol. The van der Waals surface area contributed by atoms with Crippen molar-refractivity contribution in [3.8, 4) is 5.75 Å². The van der Waals surface area contributed by atoms with Crippen LogP contribution in [0.3, 0.4) is 0 Å². The molecule has 1 aromatic heterocycles. The molecule has 0 spiro atoms. The quantitative estimate of drug-likeness (QED) is 0.605. The second-order valence-corrected chi connectivity index (χ2v) is 8.59. The fourth-order valence-electron chi connectivity index (χ4n) is 4.52. The normalized spacial score (nSPS) is 15.5. The Kier molecular flexibility index (Phi) is 6.76. The highest BCUT2D eigenvalue weighted by atomic mass is 19.1. The number of urea groups is 1. The van der Waals surface area contributed by atoms with Gasteiger partial charge in [0.15, 0.2) is 0 Å². The number of nitrogens with one attached hydrogen (secondary N) is 1. The third-order valence-electron chi connectivity index (χ3n) is 6.30. The fraction of sp³-hybridized carbons (Fsp3) is 0.346. The Bertz CT molecular complexity index is 1220. The molecule has 2 aliphatic rings. The van der Waals surface area contributed by atoms with Crippen LogP contribution in [0.2, 0.25) is 0 Å². The van der Waals surface area contributed by atoms with E-state index in [0.717, 1.165) is 47.3 Å². The lowest BCUT2D eigenvalue weighted by Crippen LogP contribution is -2.42. The number of fused-ring (bicyclic) bond motifs is 1. The highest BCUT2D eigenvalue weighted by molar-refractivity contribution is 5.89. The molecule has 8 nitrogen and oxygen atoms in total. The molecule has 9 heteroatoms. The molecule has 0 radical (unpaired) electrons. The Morgan fingerprint density at radius 2 is 1.94 bits per heavy atom. The molecular weight excluding hydrogens is 449 g/mol. The number of halogens is 1. The molecule has 2 aromatic carbocycles. The van der Waals surface area contributed by atoms with Crippen LogP contribution in [0.4, 0.5) is 20.7 Å². The predicted octanol–water partition coefficient (Wildman–Crippen LogP) is 3.64. The number of benzene rings is 2. The van der Waals surface area contributed by atoms with E-state index < -0.39 is 5.82 Å². The number of methoxy groups -OCH3 is 1. The van der Waals surface area contributed by atoms with Crippen molar-refractivity contribution in [2.45, 2.75) is 19.4 Å². The Labute approximate surface area is 203 Å². The molecule has 2 amide bonds. The summed E-state index contributed by atoms with van der Waals surface area (Å²) in [5.74, 6) is 2.00. The Hall–Kier alpha value is -3.72. The van der Waals surface area contributed by atoms with E-state index in [1.807, 2.05) is 24.3 Å². The SMILES string of the molecule is COc1ccccc1Cc1nc2c(c(N3CCOCC3)n1)CN(C(=O)Nc1cccc(F)c1)CC2. The first-order valence-electron chi connectivity index (χ1n) is 11.8. The molecule has 3 aromatic rings. The maximum absolute atomic E-state index is 13.6. The predicted molar refractivity (Wildman–Crippen MR) is 130 cm³/mol. The lowest BCUT2D eigenvalue weighted by molar-refractivity contribution is 0.122. The number of morpholine rings is 1. The van der Waals surface area contributed by atoms with E-state index in [9.17, 15) is 9.18 Å². The number of ether oxygens (including phenoxy) is 2. The third-order valence-corrected chi connectivity index (χ3v) is 6.30. The van der Waals surface area contributed by atoms with Gasteiger partial charge in [-0.3, -0.25) is 0 Å². The smallest absolute Gasteiger partial charge is 0.322 e. The van der Waals surface area contributed by atoms with Crippen molar-refractivity contribution in [2.24, 2.45) is 0 Å². The molecule has 35 heavy (non-hydrogen) atoms. The zero-order valence-corrected chi connectivity index (χ0v) is 19.7. The minimum absolute atomic E-state index is 0.271. The minimum atomic E-state index is -0.391. The van der Waals surface area contributed by atoms with Crippen molar-refractivity contribution in [1.82, 2.24) is 14.9 Å². The molecule has 0 atom stereocenters. The Morgan fingerprint density at radius 1 is 1.11 bits per heavy atom. The van der Waals surface area contributed by atoms with E-state index >= 15 is 0 Å². The summed E-state index contributed by atoms with van der Waals surface area (Å²) in [6.07, 6.45) is 1.17. The summed E-state index contributed by atoms with van der Waals surface area (Å²) in [7, 11) is 1.66. The molecule has 0 saturated carbocycles. The summed E-state index contributed by atoms with van der Waals surface area (Å²) in [4.78, 5) is 26.8. The Balaban J connectivity index is 1.43. The van der Waals surface area contributed by atoms with Gasteiger partial charge in [0.05, 0.1) is 32.6 Å². The number of amides is 2. The molecule has 2 aliphatic heterocycles. The van der Waals surface area contributed by atoms with Gasteiger partial charge in [-0.1, -0.05) is 24.3 Å². The maximum atomic E-state index is 13.6. The van der Waals surface area contributed by atoms with Crippen LogP contribution < -0.4 is 15.0 Å². The number of rotatable bonds is 5. The highest BCUT2D eigenvalue weighted by Gasteiger charge is 2.28. The lowest BCUT2D eigenvalue weighted by Gasteiger charge is -2.34. The van der Waals surface area contributed by atoms with Crippen LogP contribution in [-0.4, -0.2) is 60.9 Å². The van der Waals surface area contributed by atoms with Crippen LogP contribution in [0.25, 0.3) is 0 Å². The molecule has 1 fully saturated rings. The number of carbonyl (C=O) groups excluding carboxylic acids is 1. The number of hydrogen-bond acceptors (Lipinski definition) is 6. The monoisotopic (exact) mass is 477 g/mol. The first-order chi connectivity index (χ1) is 17.1. The second kappa shape index (κ2) is 10.3. The van der Waals surface area contributed by atoms with Gasteiger partial charge in [-0.05, 0) is 24.3 Å². The fourth-order valence-corrected chi connectivity index (χ4v) is 4.52. The molecule has 182 valence electrons. The Morgan fingerprint density at radius 3 is 2.74 bits per heavy atom. The topological polar surface area (TPSA) is 79.8 Å². The number of nitrogens with zero attached hydrogens (tertiary/aromatic N) is 4. The minimum Gasteiger partial charge on any atom is -0.496 e. The van der Waals surface area contributed by atoms with Crippen LogP contribution in [0.5, 0.6) is 5.75 Å². The van der Waals surface area contributed by atoms with Crippen LogP contribution >= 0.6 is 0 Å². The number of anilines is 2. The summed E-state index contributed by atoms with van der Waals surface area (Å²) in [5.41, 5.74) is 3.37. The van der Waals surface area contributed by atoms with E-state index in [-0.39, 0.29) is 6.03 Å². The van der Waals surface area contributed by atoms with Gasteiger partial charge in [-0.15, -0.1) is 0 Å². The number of aromatic nitrogens is 2. The third kappa shape index (κ3) is 5.19. The van der Waals surface area contributed by atoms with Gasteiger partial charge in [0.1, 0.15) is 23.2 Å². The van der Waals surface area contributed by atoms with Gasteiger partial charge in [-0.2, -0.15) is 0 Å². The molecule has 3 heterocycles. The molecular formula is C26H28FN5O3. The van der Waals surface area contributed by atoms with Crippen LogP contribution in [0.15, 0.2) is 48.5 Å². The average Bonchev–Trinajstić information content (AvgIpc) is 2.89. The van der Waals surface area contributed by atoms with Crippen molar-refractivity contribution in [1.29, 1.82) is 0 Å². The summed E-state index contributed by atoms with van der Waals surface area (Å²) in [5, 5.41) is 2.80. The van der Waals surface area contributed by atoms with Crippen molar-refractivity contribution in [2.75, 3.05) is 50.2 Å². The van der Waals surface area contributed by atoms with E-state index in [1.54, 1.807) is 24.1 Å². The molecule has 0 unspecified atom stereocenters. The van der Waals surface area contributed by atoms with E-state index in [4.69, 9.17) is 19.4 Å². The number of para-hydroxylation sites is 1. The van der Waals surface area contributed by atoms with Gasteiger partial charge in [0, 0.05) is 49.3 Å². The number of carbonyl (C=O) groups is 1. The zero-order chi connectivity index (χ0) is 24.2. The largest absolute Gasteiger partial charge is 0.496 e. The second-order valence-electron chi connectivity index (χ2n) is 8.59. The van der Waals surface area contributed by atoms with Gasteiger partial charge in [0.25, 0.3) is 0 Å². The van der Waals surface area contributed by atoms with E-state index in [0.29, 0.717) is 44.8 Å². The number of hydrogen-bond donors (Lipinski definition) is 1. The van der Waals surface area contributed by atoms with Crippen LogP contribution in [0.1, 0.15) is 22.6 Å². The first-order valence-corrected chi connectivity index (χ1v) is 11.8. The standard InChI is InChI=1S/C26H28FN5O3/c1-34-23-8-3-2-5-18(23)15-24-29-22-9-10-32(26(33)28-20-7-4-6-19(27)16-20)17-21(22)25(30-24)31-11-13-35-14-12-31/h2-8,16H,9-15,17H2,1H3,(H,28,33). The van der Waals surface area contributed by atoms with Crippen molar-refractivity contribution >= 4 is 17.5 Å². The van der Waals surface area contributed by atoms with Crippen LogP contribution in [0, 0.1) is 5.82 Å². The highest BCUT2D eigenvalue weighted by Crippen LogP contribution is 2.29.